The van der Waals surface area contributed by atoms with Gasteiger partial charge in [-0.2, -0.15) is 0 Å². The van der Waals surface area contributed by atoms with Crippen molar-refractivity contribution in [3.8, 4) is 5.75 Å². The lowest BCUT2D eigenvalue weighted by Gasteiger charge is -2.22. The Kier molecular flexibility index (Phi) is 6.82. The predicted octanol–water partition coefficient (Wildman–Crippen LogP) is 3.26. The van der Waals surface area contributed by atoms with Crippen LogP contribution in [0.3, 0.4) is 0 Å². The number of nitrogens with zero attached hydrogens (tertiary/aromatic N) is 1. The van der Waals surface area contributed by atoms with Crippen LogP contribution in [-0.4, -0.2) is 63.5 Å². The number of sulfone groups is 1. The van der Waals surface area contributed by atoms with Crippen molar-refractivity contribution in [2.24, 2.45) is 5.92 Å². The second-order valence-corrected chi connectivity index (χ2v) is 11.2. The first-order valence-corrected chi connectivity index (χ1v) is 13.2. The van der Waals surface area contributed by atoms with E-state index in [4.69, 9.17) is 4.74 Å². The Hall–Kier alpha value is -2.12. The molecule has 2 fully saturated rings. The van der Waals surface area contributed by atoms with Crippen LogP contribution in [-0.2, 0) is 9.84 Å². The van der Waals surface area contributed by atoms with E-state index in [2.05, 4.69) is 5.32 Å². The highest BCUT2D eigenvalue weighted by Gasteiger charge is 2.32. The molecule has 0 spiro atoms. The molecule has 2 atom stereocenters. The Morgan fingerprint density at radius 1 is 1.16 bits per heavy atom. The lowest BCUT2D eigenvalue weighted by atomic mass is 9.95. The summed E-state index contributed by atoms with van der Waals surface area (Å²) in [6, 6.07) is 11.6. The number of ether oxygens (including phenoxy) is 1. The maximum atomic E-state index is 12.8. The third-order valence-electron chi connectivity index (χ3n) is 6.52. The van der Waals surface area contributed by atoms with Crippen LogP contribution in [0, 0.1) is 5.92 Å². The molecule has 6 nitrogen and oxygen atoms in total. The summed E-state index contributed by atoms with van der Waals surface area (Å²) in [5, 5.41) is 5.01. The van der Waals surface area contributed by atoms with Gasteiger partial charge in [0.1, 0.15) is 5.75 Å². The lowest BCUT2D eigenvalue weighted by Crippen LogP contribution is -2.31. The van der Waals surface area contributed by atoms with E-state index in [1.807, 2.05) is 36.4 Å². The van der Waals surface area contributed by atoms with Crippen LogP contribution in [0.1, 0.15) is 42.5 Å². The molecule has 4 rings (SSSR count). The van der Waals surface area contributed by atoms with Crippen molar-refractivity contribution in [3.63, 3.8) is 0 Å². The van der Waals surface area contributed by atoms with Gasteiger partial charge in [0.25, 0.3) is 5.91 Å². The van der Waals surface area contributed by atoms with Crippen molar-refractivity contribution in [2.45, 2.75) is 37.4 Å². The number of likely N-dealkylation sites (tertiary alicyclic amines) is 1. The summed E-state index contributed by atoms with van der Waals surface area (Å²) < 4.78 is 29.5. The van der Waals surface area contributed by atoms with E-state index in [1.165, 1.54) is 25.5 Å². The molecule has 0 aliphatic carbocycles. The van der Waals surface area contributed by atoms with E-state index in [9.17, 15) is 13.2 Å². The number of hydrogen-bond acceptors (Lipinski definition) is 5. The SMILES string of the molecule is CS(=O)(=O)C1CCN(C(=O)c2ccc3cc(OCCCC4CCCNC4)ccc3c2)C1. The molecule has 1 N–H and O–H groups in total. The van der Waals surface area contributed by atoms with Crippen LogP contribution in [0.4, 0.5) is 0 Å². The molecular weight excluding hydrogens is 412 g/mol. The summed E-state index contributed by atoms with van der Waals surface area (Å²) in [5.41, 5.74) is 0.594. The molecule has 2 heterocycles. The van der Waals surface area contributed by atoms with Gasteiger partial charge in [0.05, 0.1) is 11.9 Å². The molecule has 0 radical (unpaired) electrons. The number of hydrogen-bond donors (Lipinski definition) is 1. The van der Waals surface area contributed by atoms with Crippen molar-refractivity contribution in [1.29, 1.82) is 0 Å². The fourth-order valence-electron chi connectivity index (χ4n) is 4.62. The maximum absolute atomic E-state index is 12.8. The van der Waals surface area contributed by atoms with E-state index in [0.29, 0.717) is 18.5 Å². The van der Waals surface area contributed by atoms with Crippen LogP contribution in [0.25, 0.3) is 10.8 Å². The van der Waals surface area contributed by atoms with E-state index in [1.54, 1.807) is 4.90 Å². The van der Waals surface area contributed by atoms with E-state index in [0.717, 1.165) is 48.6 Å². The van der Waals surface area contributed by atoms with E-state index in [-0.39, 0.29) is 12.5 Å². The Balaban J connectivity index is 1.34. The molecule has 0 bridgehead atoms. The van der Waals surface area contributed by atoms with Gasteiger partial charge in [-0.25, -0.2) is 8.42 Å². The van der Waals surface area contributed by atoms with E-state index < -0.39 is 15.1 Å². The van der Waals surface area contributed by atoms with Gasteiger partial charge in [-0.3, -0.25) is 4.79 Å². The first-order chi connectivity index (χ1) is 14.9. The number of rotatable bonds is 7. The molecule has 2 aromatic carbocycles. The van der Waals surface area contributed by atoms with Crippen molar-refractivity contribution in [3.05, 3.63) is 42.0 Å². The molecule has 0 aromatic heterocycles. The molecule has 2 saturated heterocycles. The van der Waals surface area contributed by atoms with Gasteiger partial charge < -0.3 is 15.0 Å². The van der Waals surface area contributed by atoms with Crippen LogP contribution in [0.2, 0.25) is 0 Å². The Bertz CT molecular complexity index is 1030. The fourth-order valence-corrected chi connectivity index (χ4v) is 5.61. The zero-order valence-corrected chi connectivity index (χ0v) is 19.0. The van der Waals surface area contributed by atoms with Crippen LogP contribution in [0.15, 0.2) is 36.4 Å². The van der Waals surface area contributed by atoms with Crippen LogP contribution in [0.5, 0.6) is 5.75 Å². The molecule has 1 amide bonds. The van der Waals surface area contributed by atoms with Crippen molar-refractivity contribution < 1.29 is 17.9 Å². The molecule has 2 unspecified atom stereocenters. The number of piperidine rings is 1. The second kappa shape index (κ2) is 9.57. The average molecular weight is 445 g/mol. The average Bonchev–Trinajstić information content (AvgIpc) is 3.27. The number of fused-ring (bicyclic) bond motifs is 1. The Labute approximate surface area is 184 Å². The van der Waals surface area contributed by atoms with Crippen LogP contribution < -0.4 is 10.1 Å². The summed E-state index contributed by atoms with van der Waals surface area (Å²) in [7, 11) is -3.12. The van der Waals surface area contributed by atoms with Gasteiger partial charge >= 0.3 is 0 Å². The number of amides is 1. The summed E-state index contributed by atoms with van der Waals surface area (Å²) in [5.74, 6) is 1.52. The fraction of sp³-hybridized carbons (Fsp3) is 0.542. The quantitative estimate of drug-likeness (QED) is 0.664. The van der Waals surface area contributed by atoms with Gasteiger partial charge in [-0.05, 0) is 86.1 Å². The topological polar surface area (TPSA) is 75.7 Å². The number of benzene rings is 2. The molecule has 2 aliphatic rings. The molecule has 2 aliphatic heterocycles. The van der Waals surface area contributed by atoms with Gasteiger partial charge in [-0.1, -0.05) is 12.1 Å². The minimum absolute atomic E-state index is 0.106. The smallest absolute Gasteiger partial charge is 0.253 e. The Morgan fingerprint density at radius 3 is 2.71 bits per heavy atom. The molecular formula is C24H32N2O4S. The monoisotopic (exact) mass is 444 g/mol. The lowest BCUT2D eigenvalue weighted by molar-refractivity contribution is 0.0793. The number of carbonyl (C=O) groups is 1. The van der Waals surface area contributed by atoms with Crippen molar-refractivity contribution >= 4 is 26.5 Å². The first kappa shape index (κ1) is 22.1. The Morgan fingerprint density at radius 2 is 1.97 bits per heavy atom. The summed E-state index contributed by atoms with van der Waals surface area (Å²) in [4.78, 5) is 14.5. The van der Waals surface area contributed by atoms with Crippen molar-refractivity contribution in [2.75, 3.05) is 39.0 Å². The highest BCUT2D eigenvalue weighted by atomic mass is 32.2. The molecule has 31 heavy (non-hydrogen) atoms. The minimum Gasteiger partial charge on any atom is -0.494 e. The van der Waals surface area contributed by atoms with Gasteiger partial charge in [-0.15, -0.1) is 0 Å². The summed E-state index contributed by atoms with van der Waals surface area (Å²) in [6.07, 6.45) is 6.60. The summed E-state index contributed by atoms with van der Waals surface area (Å²) >= 11 is 0. The zero-order valence-electron chi connectivity index (χ0n) is 18.2. The van der Waals surface area contributed by atoms with E-state index >= 15 is 0 Å². The molecule has 0 saturated carbocycles. The third kappa shape index (κ3) is 5.57. The predicted molar refractivity (Wildman–Crippen MR) is 123 cm³/mol. The standard InChI is InChI=1S/C24H32N2O4S/c1-31(28,29)23-10-12-26(17-23)24(27)21-7-6-20-15-22(9-8-19(20)14-21)30-13-3-5-18-4-2-11-25-16-18/h6-9,14-15,18,23,25H,2-5,10-13,16-17H2,1H3. The normalized spacial score (nSPS) is 22.0. The minimum atomic E-state index is -3.12. The number of carbonyl (C=O) groups excluding carboxylic acids is 1. The molecule has 168 valence electrons. The van der Waals surface area contributed by atoms with Crippen LogP contribution >= 0.6 is 0 Å². The maximum Gasteiger partial charge on any atom is 0.253 e. The van der Waals surface area contributed by atoms with Crippen molar-refractivity contribution in [1.82, 2.24) is 10.2 Å². The highest BCUT2D eigenvalue weighted by molar-refractivity contribution is 7.91. The largest absolute Gasteiger partial charge is 0.494 e. The summed E-state index contributed by atoms with van der Waals surface area (Å²) in [6.45, 7) is 3.76. The molecule has 7 heteroatoms. The molecule has 2 aromatic rings. The highest BCUT2D eigenvalue weighted by Crippen LogP contribution is 2.25. The first-order valence-electron chi connectivity index (χ1n) is 11.3. The van der Waals surface area contributed by atoms with Gasteiger partial charge in [0.2, 0.25) is 0 Å². The van der Waals surface area contributed by atoms with Gasteiger partial charge in [0.15, 0.2) is 9.84 Å². The number of nitrogens with one attached hydrogen (secondary N) is 1. The third-order valence-corrected chi connectivity index (χ3v) is 8.12. The van der Waals surface area contributed by atoms with Gasteiger partial charge in [0, 0.05) is 24.9 Å². The second-order valence-electron chi connectivity index (χ2n) is 8.92. The zero-order chi connectivity index (χ0) is 21.8.